The van der Waals surface area contributed by atoms with E-state index in [9.17, 15) is 18.0 Å². The summed E-state index contributed by atoms with van der Waals surface area (Å²) >= 11 is 0. The summed E-state index contributed by atoms with van der Waals surface area (Å²) in [7, 11) is 0. The number of hydrogen-bond acceptors (Lipinski definition) is 2. The molecule has 110 valence electrons. The van der Waals surface area contributed by atoms with E-state index in [1.165, 1.54) is 12.1 Å². The number of amides is 1. The number of hydrogen-bond donors (Lipinski definition) is 1. The van der Waals surface area contributed by atoms with Gasteiger partial charge in [0.2, 0.25) is 5.91 Å². The lowest BCUT2D eigenvalue weighted by Crippen LogP contribution is -2.35. The predicted molar refractivity (Wildman–Crippen MR) is 67.2 cm³/mol. The first kappa shape index (κ1) is 14.7. The number of rotatable bonds is 5. The molecule has 1 aromatic carbocycles. The van der Waals surface area contributed by atoms with Crippen LogP contribution in [0.5, 0.6) is 5.75 Å². The van der Waals surface area contributed by atoms with Crippen molar-refractivity contribution in [1.82, 2.24) is 5.32 Å². The Labute approximate surface area is 115 Å². The molecule has 0 aromatic heterocycles. The third-order valence-electron chi connectivity index (χ3n) is 3.35. The van der Waals surface area contributed by atoms with Gasteiger partial charge in [-0.1, -0.05) is 18.6 Å². The van der Waals surface area contributed by atoms with Gasteiger partial charge in [-0.3, -0.25) is 4.79 Å². The van der Waals surface area contributed by atoms with Crippen LogP contribution in [0.4, 0.5) is 13.2 Å². The largest absolute Gasteiger partial charge is 0.573 e. The van der Waals surface area contributed by atoms with E-state index in [1.54, 1.807) is 12.1 Å². The van der Waals surface area contributed by atoms with Gasteiger partial charge >= 0.3 is 6.36 Å². The smallest absolute Gasteiger partial charge is 0.406 e. The third kappa shape index (κ3) is 4.43. The maximum atomic E-state index is 12.0. The summed E-state index contributed by atoms with van der Waals surface area (Å²) in [5, 5.41) is 2.84. The Bertz CT molecular complexity index is 452. The molecule has 1 aliphatic rings. The van der Waals surface area contributed by atoms with Crippen molar-refractivity contribution in [3.63, 3.8) is 0 Å². The van der Waals surface area contributed by atoms with E-state index < -0.39 is 6.36 Å². The highest BCUT2D eigenvalue weighted by Gasteiger charge is 2.30. The van der Waals surface area contributed by atoms with E-state index in [4.69, 9.17) is 0 Å². The minimum Gasteiger partial charge on any atom is -0.406 e. The summed E-state index contributed by atoms with van der Waals surface area (Å²) in [4.78, 5) is 11.6. The average Bonchev–Trinajstić information content (AvgIpc) is 2.27. The first-order chi connectivity index (χ1) is 9.44. The number of benzene rings is 1. The highest BCUT2D eigenvalue weighted by atomic mass is 19.4. The van der Waals surface area contributed by atoms with E-state index in [-0.39, 0.29) is 17.6 Å². The molecule has 0 saturated heterocycles. The Hall–Kier alpha value is -1.72. The summed E-state index contributed by atoms with van der Waals surface area (Å²) in [6.45, 7) is 0.495. The molecule has 6 heteroatoms. The van der Waals surface area contributed by atoms with Gasteiger partial charge in [-0.25, -0.2) is 0 Å². The van der Waals surface area contributed by atoms with Gasteiger partial charge in [-0.05, 0) is 37.0 Å². The van der Waals surface area contributed by atoms with Gasteiger partial charge in [-0.2, -0.15) is 0 Å². The van der Waals surface area contributed by atoms with Crippen LogP contribution in [0.2, 0.25) is 0 Å². The number of carbonyl (C=O) groups excluding carboxylic acids is 1. The molecule has 20 heavy (non-hydrogen) atoms. The molecular formula is C14H16F3NO2. The van der Waals surface area contributed by atoms with Crippen LogP contribution >= 0.6 is 0 Å². The van der Waals surface area contributed by atoms with E-state index in [0.717, 1.165) is 24.8 Å². The van der Waals surface area contributed by atoms with Crippen LogP contribution in [0.25, 0.3) is 0 Å². The van der Waals surface area contributed by atoms with E-state index in [1.807, 2.05) is 0 Å². The third-order valence-corrected chi connectivity index (χ3v) is 3.35. The average molecular weight is 287 g/mol. The molecule has 0 bridgehead atoms. The van der Waals surface area contributed by atoms with Crippen LogP contribution < -0.4 is 10.1 Å². The van der Waals surface area contributed by atoms with Crippen LogP contribution in [0.1, 0.15) is 24.8 Å². The molecule has 1 amide bonds. The molecule has 1 N–H and O–H groups in total. The SMILES string of the molecule is O=C(NCCc1ccc(OC(F)(F)F)cc1)C1CCC1. The van der Waals surface area contributed by atoms with Gasteiger partial charge in [0, 0.05) is 12.5 Å². The van der Waals surface area contributed by atoms with Crippen molar-refractivity contribution in [2.45, 2.75) is 32.0 Å². The zero-order valence-corrected chi connectivity index (χ0v) is 10.9. The highest BCUT2D eigenvalue weighted by molar-refractivity contribution is 5.79. The second-order valence-corrected chi connectivity index (χ2v) is 4.86. The summed E-state index contributed by atoms with van der Waals surface area (Å²) < 4.78 is 39.7. The van der Waals surface area contributed by atoms with Crippen LogP contribution in [-0.2, 0) is 11.2 Å². The molecule has 0 atom stereocenters. The summed E-state index contributed by atoms with van der Waals surface area (Å²) in [5.74, 6) is -0.00871. The van der Waals surface area contributed by atoms with Gasteiger partial charge in [0.25, 0.3) is 0 Å². The molecule has 0 heterocycles. The van der Waals surface area contributed by atoms with Crippen molar-refractivity contribution in [1.29, 1.82) is 0 Å². The van der Waals surface area contributed by atoms with Crippen molar-refractivity contribution in [3.8, 4) is 5.75 Å². The summed E-state index contributed by atoms with van der Waals surface area (Å²) in [6.07, 6.45) is -1.06. The molecule has 3 nitrogen and oxygen atoms in total. The first-order valence-electron chi connectivity index (χ1n) is 6.56. The van der Waals surface area contributed by atoms with E-state index in [2.05, 4.69) is 10.1 Å². The van der Waals surface area contributed by atoms with Crippen LogP contribution in [0.3, 0.4) is 0 Å². The normalized spacial score (nSPS) is 15.6. The maximum absolute atomic E-state index is 12.0. The zero-order chi connectivity index (χ0) is 14.6. The maximum Gasteiger partial charge on any atom is 0.573 e. The lowest BCUT2D eigenvalue weighted by Gasteiger charge is -2.24. The van der Waals surface area contributed by atoms with Crippen LogP contribution in [0, 0.1) is 5.92 Å². The topological polar surface area (TPSA) is 38.3 Å². The van der Waals surface area contributed by atoms with Gasteiger partial charge in [0.05, 0.1) is 0 Å². The molecule has 0 aliphatic heterocycles. The minimum atomic E-state index is -4.67. The lowest BCUT2D eigenvalue weighted by molar-refractivity contribution is -0.274. The van der Waals surface area contributed by atoms with E-state index in [0.29, 0.717) is 13.0 Å². The van der Waals surface area contributed by atoms with Crippen molar-refractivity contribution < 1.29 is 22.7 Å². The molecular weight excluding hydrogens is 271 g/mol. The quantitative estimate of drug-likeness (QED) is 0.904. The van der Waals surface area contributed by atoms with Crippen molar-refractivity contribution in [3.05, 3.63) is 29.8 Å². The number of nitrogens with one attached hydrogen (secondary N) is 1. The monoisotopic (exact) mass is 287 g/mol. The minimum absolute atomic E-state index is 0.0771. The van der Waals surface area contributed by atoms with Crippen molar-refractivity contribution in [2.24, 2.45) is 5.92 Å². The Balaban J connectivity index is 1.74. The van der Waals surface area contributed by atoms with Gasteiger partial charge < -0.3 is 10.1 Å². The number of halogens is 3. The molecule has 1 aliphatic carbocycles. The molecule has 2 rings (SSSR count). The van der Waals surface area contributed by atoms with Crippen LogP contribution in [-0.4, -0.2) is 18.8 Å². The molecule has 1 saturated carbocycles. The molecule has 1 fully saturated rings. The second-order valence-electron chi connectivity index (χ2n) is 4.86. The number of ether oxygens (including phenoxy) is 1. The standard InChI is InChI=1S/C14H16F3NO2/c15-14(16,17)20-12-6-4-10(5-7-12)8-9-18-13(19)11-2-1-3-11/h4-7,11H,1-3,8-9H2,(H,18,19). The second kappa shape index (κ2) is 6.15. The van der Waals surface area contributed by atoms with Crippen LogP contribution in [0.15, 0.2) is 24.3 Å². The zero-order valence-electron chi connectivity index (χ0n) is 10.9. The Morgan fingerprint density at radius 1 is 1.25 bits per heavy atom. The van der Waals surface area contributed by atoms with Gasteiger partial charge in [0.15, 0.2) is 0 Å². The fourth-order valence-corrected chi connectivity index (χ4v) is 2.00. The number of carbonyl (C=O) groups is 1. The Morgan fingerprint density at radius 3 is 2.40 bits per heavy atom. The molecule has 0 unspecified atom stereocenters. The fraction of sp³-hybridized carbons (Fsp3) is 0.500. The van der Waals surface area contributed by atoms with Crippen molar-refractivity contribution >= 4 is 5.91 Å². The Kier molecular flexibility index (Phi) is 4.52. The summed E-state index contributed by atoms with van der Waals surface area (Å²) in [6, 6.07) is 5.68. The van der Waals surface area contributed by atoms with Crippen molar-refractivity contribution in [2.75, 3.05) is 6.54 Å². The molecule has 0 radical (unpaired) electrons. The highest BCUT2D eigenvalue weighted by Crippen LogP contribution is 2.26. The van der Waals surface area contributed by atoms with Gasteiger partial charge in [0.1, 0.15) is 5.75 Å². The number of alkyl halides is 3. The fourth-order valence-electron chi connectivity index (χ4n) is 2.00. The summed E-state index contributed by atoms with van der Waals surface area (Å²) in [5.41, 5.74) is 0.855. The molecule has 0 spiro atoms. The molecule has 1 aromatic rings. The van der Waals surface area contributed by atoms with Gasteiger partial charge in [-0.15, -0.1) is 13.2 Å². The van der Waals surface area contributed by atoms with E-state index >= 15 is 0 Å². The lowest BCUT2D eigenvalue weighted by atomic mass is 9.85. The first-order valence-corrected chi connectivity index (χ1v) is 6.56. The Morgan fingerprint density at radius 2 is 1.90 bits per heavy atom. The predicted octanol–water partition coefficient (Wildman–Crippen LogP) is 3.04.